The molecule has 2 rings (SSSR count). The number of nitrogens with one attached hydrogen (secondary N) is 1. The Bertz CT molecular complexity index is 554. The van der Waals surface area contributed by atoms with Crippen molar-refractivity contribution in [2.45, 2.75) is 25.7 Å². The van der Waals surface area contributed by atoms with Crippen LogP contribution in [0.4, 0.5) is 8.78 Å². The SMILES string of the molecule is CCNCC(CCc1ccc(F)c(F)c1)c1ccccc1. The quantitative estimate of drug-likeness (QED) is 0.801. The molecule has 21 heavy (non-hydrogen) atoms. The van der Waals surface area contributed by atoms with Crippen LogP contribution in [0.15, 0.2) is 48.5 Å². The summed E-state index contributed by atoms with van der Waals surface area (Å²) in [6.45, 7) is 3.90. The van der Waals surface area contributed by atoms with Gasteiger partial charge < -0.3 is 5.32 Å². The Kier molecular flexibility index (Phi) is 5.88. The zero-order valence-corrected chi connectivity index (χ0v) is 12.3. The van der Waals surface area contributed by atoms with Crippen LogP contribution in [0.3, 0.4) is 0 Å². The molecule has 0 bridgehead atoms. The molecular weight excluding hydrogens is 268 g/mol. The van der Waals surface area contributed by atoms with Crippen LogP contribution in [0, 0.1) is 11.6 Å². The van der Waals surface area contributed by atoms with Crippen LogP contribution in [-0.4, -0.2) is 13.1 Å². The molecule has 0 saturated heterocycles. The third-order valence-corrected chi connectivity index (χ3v) is 3.68. The molecule has 3 heteroatoms. The predicted molar refractivity (Wildman–Crippen MR) is 82.4 cm³/mol. The van der Waals surface area contributed by atoms with E-state index in [1.54, 1.807) is 6.07 Å². The van der Waals surface area contributed by atoms with Crippen molar-refractivity contribution < 1.29 is 8.78 Å². The van der Waals surface area contributed by atoms with Gasteiger partial charge in [0, 0.05) is 6.54 Å². The summed E-state index contributed by atoms with van der Waals surface area (Å²) in [7, 11) is 0. The molecule has 0 aliphatic heterocycles. The molecule has 0 heterocycles. The molecule has 2 aromatic carbocycles. The van der Waals surface area contributed by atoms with Crippen molar-refractivity contribution in [1.29, 1.82) is 0 Å². The van der Waals surface area contributed by atoms with Crippen LogP contribution < -0.4 is 5.32 Å². The monoisotopic (exact) mass is 289 g/mol. The van der Waals surface area contributed by atoms with E-state index in [4.69, 9.17) is 0 Å². The van der Waals surface area contributed by atoms with Crippen LogP contribution in [-0.2, 0) is 6.42 Å². The lowest BCUT2D eigenvalue weighted by molar-refractivity contribution is 0.505. The minimum absolute atomic E-state index is 0.374. The van der Waals surface area contributed by atoms with Crippen LogP contribution >= 0.6 is 0 Å². The molecule has 2 aromatic rings. The van der Waals surface area contributed by atoms with E-state index in [1.165, 1.54) is 17.7 Å². The maximum atomic E-state index is 13.2. The molecule has 0 aromatic heterocycles. The minimum Gasteiger partial charge on any atom is -0.316 e. The van der Waals surface area contributed by atoms with Crippen LogP contribution in [0.2, 0.25) is 0 Å². The highest BCUT2D eigenvalue weighted by atomic mass is 19.2. The van der Waals surface area contributed by atoms with Crippen LogP contribution in [0.1, 0.15) is 30.4 Å². The first-order chi connectivity index (χ1) is 10.2. The highest BCUT2D eigenvalue weighted by Gasteiger charge is 2.11. The van der Waals surface area contributed by atoms with E-state index in [0.29, 0.717) is 5.92 Å². The number of hydrogen-bond donors (Lipinski definition) is 1. The normalized spacial score (nSPS) is 12.3. The van der Waals surface area contributed by atoms with Crippen molar-refractivity contribution in [3.63, 3.8) is 0 Å². The van der Waals surface area contributed by atoms with Gasteiger partial charge in [0.15, 0.2) is 11.6 Å². The molecule has 0 radical (unpaired) electrons. The third-order valence-electron chi connectivity index (χ3n) is 3.68. The topological polar surface area (TPSA) is 12.0 Å². The van der Waals surface area contributed by atoms with Crippen molar-refractivity contribution in [2.24, 2.45) is 0 Å². The molecule has 1 atom stereocenters. The molecular formula is C18H21F2N. The molecule has 0 amide bonds. The summed E-state index contributed by atoms with van der Waals surface area (Å²) in [4.78, 5) is 0. The van der Waals surface area contributed by atoms with Crippen LogP contribution in [0.5, 0.6) is 0 Å². The summed E-state index contributed by atoms with van der Waals surface area (Å²) in [5.74, 6) is -1.18. The van der Waals surface area contributed by atoms with Gasteiger partial charge in [0.1, 0.15) is 0 Å². The van der Waals surface area contributed by atoms with Gasteiger partial charge in [-0.05, 0) is 48.6 Å². The smallest absolute Gasteiger partial charge is 0.159 e. The Balaban J connectivity index is 2.03. The molecule has 1 unspecified atom stereocenters. The standard InChI is InChI=1S/C18H21F2N/c1-2-21-13-16(15-6-4-3-5-7-15)10-8-14-9-11-17(19)18(20)12-14/h3-7,9,11-12,16,21H,2,8,10,13H2,1H3. The Morgan fingerprint density at radius 3 is 2.43 bits per heavy atom. The fraction of sp³-hybridized carbons (Fsp3) is 0.333. The van der Waals surface area contributed by atoms with Crippen molar-refractivity contribution in [1.82, 2.24) is 5.32 Å². The fourth-order valence-corrected chi connectivity index (χ4v) is 2.47. The molecule has 0 saturated carbocycles. The largest absolute Gasteiger partial charge is 0.316 e. The number of likely N-dealkylation sites (N-methyl/N-ethyl adjacent to an activating group) is 1. The van der Waals surface area contributed by atoms with Gasteiger partial charge in [-0.25, -0.2) is 8.78 Å². The second kappa shape index (κ2) is 7.89. The molecule has 0 fully saturated rings. The van der Waals surface area contributed by atoms with Gasteiger partial charge in [-0.15, -0.1) is 0 Å². The lowest BCUT2D eigenvalue weighted by Crippen LogP contribution is -2.21. The summed E-state index contributed by atoms with van der Waals surface area (Å²) >= 11 is 0. The number of rotatable bonds is 7. The van der Waals surface area contributed by atoms with Gasteiger partial charge >= 0.3 is 0 Å². The summed E-state index contributed by atoms with van der Waals surface area (Å²) in [5, 5.41) is 3.37. The first-order valence-corrected chi connectivity index (χ1v) is 7.40. The van der Waals surface area contributed by atoms with Gasteiger partial charge in [0.05, 0.1) is 0 Å². The third kappa shape index (κ3) is 4.64. The second-order valence-electron chi connectivity index (χ2n) is 5.20. The molecule has 0 aliphatic carbocycles. The van der Waals surface area contributed by atoms with E-state index in [-0.39, 0.29) is 0 Å². The predicted octanol–water partition coefficient (Wildman–Crippen LogP) is 4.29. The molecule has 1 N–H and O–H groups in total. The number of hydrogen-bond acceptors (Lipinski definition) is 1. The first-order valence-electron chi connectivity index (χ1n) is 7.40. The molecule has 0 spiro atoms. The Morgan fingerprint density at radius 1 is 1.00 bits per heavy atom. The van der Waals surface area contributed by atoms with Crippen molar-refractivity contribution >= 4 is 0 Å². The van der Waals surface area contributed by atoms with Gasteiger partial charge in [-0.1, -0.05) is 43.3 Å². The summed E-state index contributed by atoms with van der Waals surface area (Å²) in [6.07, 6.45) is 1.64. The lowest BCUT2D eigenvalue weighted by atomic mass is 9.92. The van der Waals surface area contributed by atoms with Gasteiger partial charge in [-0.3, -0.25) is 0 Å². The van der Waals surface area contributed by atoms with Gasteiger partial charge in [0.2, 0.25) is 0 Å². The van der Waals surface area contributed by atoms with Crippen molar-refractivity contribution in [2.75, 3.05) is 13.1 Å². The average molecular weight is 289 g/mol. The van der Waals surface area contributed by atoms with Gasteiger partial charge in [-0.2, -0.15) is 0 Å². The zero-order valence-electron chi connectivity index (χ0n) is 12.3. The zero-order chi connectivity index (χ0) is 15.1. The van der Waals surface area contributed by atoms with E-state index in [1.807, 2.05) is 18.2 Å². The second-order valence-corrected chi connectivity index (χ2v) is 5.20. The highest BCUT2D eigenvalue weighted by Crippen LogP contribution is 2.21. The minimum atomic E-state index is -0.786. The Morgan fingerprint density at radius 2 is 1.76 bits per heavy atom. The average Bonchev–Trinajstić information content (AvgIpc) is 2.51. The maximum Gasteiger partial charge on any atom is 0.159 e. The van der Waals surface area contributed by atoms with Crippen molar-refractivity contribution in [3.8, 4) is 0 Å². The van der Waals surface area contributed by atoms with E-state index in [2.05, 4.69) is 24.4 Å². The van der Waals surface area contributed by atoms with E-state index in [9.17, 15) is 8.78 Å². The Hall–Kier alpha value is -1.74. The van der Waals surface area contributed by atoms with E-state index in [0.717, 1.165) is 31.5 Å². The van der Waals surface area contributed by atoms with Gasteiger partial charge in [0.25, 0.3) is 0 Å². The van der Waals surface area contributed by atoms with Crippen molar-refractivity contribution in [3.05, 3.63) is 71.3 Å². The molecule has 0 aliphatic rings. The summed E-state index contributed by atoms with van der Waals surface area (Å²) in [6, 6.07) is 14.5. The number of benzene rings is 2. The van der Waals surface area contributed by atoms with E-state index >= 15 is 0 Å². The van der Waals surface area contributed by atoms with Crippen LogP contribution in [0.25, 0.3) is 0 Å². The fourth-order valence-electron chi connectivity index (χ4n) is 2.47. The summed E-state index contributed by atoms with van der Waals surface area (Å²) < 4.78 is 26.2. The molecule has 112 valence electrons. The number of aryl methyl sites for hydroxylation is 1. The highest BCUT2D eigenvalue weighted by molar-refractivity contribution is 5.22. The number of halogens is 2. The van der Waals surface area contributed by atoms with E-state index < -0.39 is 11.6 Å². The first kappa shape index (κ1) is 15.6. The molecule has 1 nitrogen and oxygen atoms in total. The maximum absolute atomic E-state index is 13.2. The lowest BCUT2D eigenvalue weighted by Gasteiger charge is -2.18. The summed E-state index contributed by atoms with van der Waals surface area (Å²) in [5.41, 5.74) is 2.12. The Labute approximate surface area is 125 Å².